The van der Waals surface area contributed by atoms with E-state index in [0.29, 0.717) is 25.3 Å². The van der Waals surface area contributed by atoms with Crippen LogP contribution in [0.2, 0.25) is 0 Å². The molecule has 0 spiro atoms. The molecule has 7 nitrogen and oxygen atoms in total. The molecule has 0 bridgehead atoms. The number of H-pyrrole nitrogens is 1. The SMILES string of the molecule is O=C(O)[C@H]1CCCN1C(=O)c1n[nH]c(C2CC2)n1. The molecule has 18 heavy (non-hydrogen) atoms. The van der Waals surface area contributed by atoms with Gasteiger partial charge in [0.25, 0.3) is 5.91 Å². The Morgan fingerprint density at radius 2 is 2.11 bits per heavy atom. The number of hydrogen-bond acceptors (Lipinski definition) is 4. The zero-order valence-corrected chi connectivity index (χ0v) is 9.80. The van der Waals surface area contributed by atoms with Crippen molar-refractivity contribution in [1.29, 1.82) is 0 Å². The number of carbonyl (C=O) groups is 2. The van der Waals surface area contributed by atoms with E-state index in [-0.39, 0.29) is 11.7 Å². The summed E-state index contributed by atoms with van der Waals surface area (Å²) in [6.45, 7) is 0.461. The van der Waals surface area contributed by atoms with E-state index in [1.165, 1.54) is 4.90 Å². The van der Waals surface area contributed by atoms with E-state index in [1.807, 2.05) is 0 Å². The van der Waals surface area contributed by atoms with Gasteiger partial charge in [-0.2, -0.15) is 0 Å². The molecular formula is C11H14N4O3. The number of nitrogens with one attached hydrogen (secondary N) is 1. The van der Waals surface area contributed by atoms with Crippen molar-refractivity contribution >= 4 is 11.9 Å². The number of aromatic amines is 1. The third kappa shape index (κ3) is 1.85. The molecule has 1 aliphatic carbocycles. The van der Waals surface area contributed by atoms with Gasteiger partial charge in [0.1, 0.15) is 11.9 Å². The Hall–Kier alpha value is -1.92. The van der Waals surface area contributed by atoms with Crippen LogP contribution in [0.25, 0.3) is 0 Å². The van der Waals surface area contributed by atoms with Crippen LogP contribution in [-0.4, -0.2) is 49.7 Å². The number of nitrogens with zero attached hydrogens (tertiary/aromatic N) is 3. The van der Waals surface area contributed by atoms with Crippen LogP contribution in [0.4, 0.5) is 0 Å². The Labute approximate surface area is 103 Å². The van der Waals surface area contributed by atoms with Gasteiger partial charge in [0.05, 0.1) is 0 Å². The fraction of sp³-hybridized carbons (Fsp3) is 0.636. The van der Waals surface area contributed by atoms with E-state index in [9.17, 15) is 9.59 Å². The number of carbonyl (C=O) groups excluding carboxylic acids is 1. The van der Waals surface area contributed by atoms with Crippen LogP contribution in [0.3, 0.4) is 0 Å². The summed E-state index contributed by atoms with van der Waals surface area (Å²) in [5.41, 5.74) is 0. The Morgan fingerprint density at radius 1 is 1.33 bits per heavy atom. The summed E-state index contributed by atoms with van der Waals surface area (Å²) in [6, 6.07) is -0.736. The molecule has 96 valence electrons. The maximum Gasteiger partial charge on any atom is 0.326 e. The molecular weight excluding hydrogens is 236 g/mol. The lowest BCUT2D eigenvalue weighted by molar-refractivity contribution is -0.141. The van der Waals surface area contributed by atoms with Crippen LogP contribution < -0.4 is 0 Å². The topological polar surface area (TPSA) is 99.2 Å². The number of aromatic nitrogens is 3. The van der Waals surface area contributed by atoms with Crippen LogP contribution in [0.15, 0.2) is 0 Å². The molecule has 1 saturated carbocycles. The molecule has 1 atom stereocenters. The van der Waals surface area contributed by atoms with E-state index in [4.69, 9.17) is 5.11 Å². The van der Waals surface area contributed by atoms with E-state index >= 15 is 0 Å². The second-order valence-electron chi connectivity index (χ2n) is 4.81. The number of carboxylic acid groups (broad SMARTS) is 1. The van der Waals surface area contributed by atoms with Gasteiger partial charge < -0.3 is 10.0 Å². The van der Waals surface area contributed by atoms with Crippen LogP contribution >= 0.6 is 0 Å². The molecule has 3 rings (SSSR count). The van der Waals surface area contributed by atoms with E-state index in [2.05, 4.69) is 15.2 Å². The Morgan fingerprint density at radius 3 is 2.78 bits per heavy atom. The first kappa shape index (κ1) is 11.2. The van der Waals surface area contributed by atoms with Gasteiger partial charge >= 0.3 is 5.97 Å². The van der Waals surface area contributed by atoms with E-state index < -0.39 is 12.0 Å². The summed E-state index contributed by atoms with van der Waals surface area (Å²) in [7, 11) is 0. The summed E-state index contributed by atoms with van der Waals surface area (Å²) < 4.78 is 0. The van der Waals surface area contributed by atoms with Crippen LogP contribution in [0.5, 0.6) is 0 Å². The normalized spacial score (nSPS) is 23.3. The van der Waals surface area contributed by atoms with Gasteiger partial charge in [-0.25, -0.2) is 9.78 Å². The molecule has 0 radical (unpaired) electrons. The number of likely N-dealkylation sites (tertiary alicyclic amines) is 1. The zero-order valence-electron chi connectivity index (χ0n) is 9.80. The standard InChI is InChI=1S/C11H14N4O3/c16-10(15-5-1-2-7(15)11(17)18)9-12-8(13-14-9)6-3-4-6/h6-7H,1-5H2,(H,17,18)(H,12,13,14)/t7-/m1/s1. The summed E-state index contributed by atoms with van der Waals surface area (Å²) >= 11 is 0. The highest BCUT2D eigenvalue weighted by Crippen LogP contribution is 2.37. The van der Waals surface area contributed by atoms with Gasteiger partial charge in [-0.1, -0.05) is 0 Å². The Bertz CT molecular complexity index is 494. The van der Waals surface area contributed by atoms with Crippen molar-refractivity contribution < 1.29 is 14.7 Å². The first-order valence-electron chi connectivity index (χ1n) is 6.13. The fourth-order valence-corrected chi connectivity index (χ4v) is 2.30. The summed E-state index contributed by atoms with van der Waals surface area (Å²) in [6.07, 6.45) is 3.36. The minimum Gasteiger partial charge on any atom is -0.480 e. The predicted molar refractivity (Wildman–Crippen MR) is 60.1 cm³/mol. The van der Waals surface area contributed by atoms with Gasteiger partial charge in [-0.05, 0) is 25.7 Å². The van der Waals surface area contributed by atoms with Crippen LogP contribution in [0.1, 0.15) is 48.0 Å². The van der Waals surface area contributed by atoms with Crippen molar-refractivity contribution in [3.05, 3.63) is 11.6 Å². The average molecular weight is 250 g/mol. The second kappa shape index (κ2) is 4.08. The third-order valence-electron chi connectivity index (χ3n) is 3.46. The zero-order chi connectivity index (χ0) is 12.7. The lowest BCUT2D eigenvalue weighted by atomic mass is 10.2. The molecule has 1 saturated heterocycles. The van der Waals surface area contributed by atoms with Crippen molar-refractivity contribution in [2.75, 3.05) is 6.54 Å². The molecule has 0 aromatic carbocycles. The Balaban J connectivity index is 1.78. The molecule has 1 aromatic heterocycles. The fourth-order valence-electron chi connectivity index (χ4n) is 2.30. The van der Waals surface area contributed by atoms with Crippen molar-refractivity contribution in [3.63, 3.8) is 0 Å². The number of rotatable bonds is 3. The maximum absolute atomic E-state index is 12.1. The molecule has 2 heterocycles. The maximum atomic E-state index is 12.1. The average Bonchev–Trinajstić information content (AvgIpc) is 2.92. The Kier molecular flexibility index (Phi) is 2.53. The largest absolute Gasteiger partial charge is 0.480 e. The minimum absolute atomic E-state index is 0.0880. The minimum atomic E-state index is -0.959. The van der Waals surface area contributed by atoms with Crippen LogP contribution in [-0.2, 0) is 4.79 Å². The van der Waals surface area contributed by atoms with Crippen LogP contribution in [0, 0.1) is 0 Å². The molecule has 0 unspecified atom stereocenters. The highest BCUT2D eigenvalue weighted by atomic mass is 16.4. The van der Waals surface area contributed by atoms with E-state index in [1.54, 1.807) is 0 Å². The lowest BCUT2D eigenvalue weighted by Gasteiger charge is -2.19. The summed E-state index contributed by atoms with van der Waals surface area (Å²) in [5, 5.41) is 15.7. The first-order valence-corrected chi connectivity index (χ1v) is 6.13. The number of carboxylic acids is 1. The molecule has 2 aliphatic rings. The number of aliphatic carboxylic acids is 1. The quantitative estimate of drug-likeness (QED) is 0.807. The van der Waals surface area contributed by atoms with Crippen molar-refractivity contribution in [2.45, 2.75) is 37.6 Å². The van der Waals surface area contributed by atoms with Gasteiger partial charge in [0.15, 0.2) is 0 Å². The lowest BCUT2D eigenvalue weighted by Crippen LogP contribution is -2.40. The second-order valence-corrected chi connectivity index (χ2v) is 4.81. The highest BCUT2D eigenvalue weighted by Gasteiger charge is 2.36. The monoisotopic (exact) mass is 250 g/mol. The number of hydrogen-bond donors (Lipinski definition) is 2. The highest BCUT2D eigenvalue weighted by molar-refractivity contribution is 5.93. The van der Waals surface area contributed by atoms with Crippen molar-refractivity contribution in [2.24, 2.45) is 0 Å². The van der Waals surface area contributed by atoms with Gasteiger partial charge in [-0.3, -0.25) is 9.89 Å². The first-order chi connectivity index (χ1) is 8.66. The predicted octanol–water partition coefficient (Wildman–Crippen LogP) is 0.371. The van der Waals surface area contributed by atoms with E-state index in [0.717, 1.165) is 18.7 Å². The number of amides is 1. The molecule has 1 amide bonds. The van der Waals surface area contributed by atoms with Gasteiger partial charge in [0, 0.05) is 12.5 Å². The molecule has 1 aromatic rings. The third-order valence-corrected chi connectivity index (χ3v) is 3.46. The van der Waals surface area contributed by atoms with Gasteiger partial charge in [0.2, 0.25) is 5.82 Å². The van der Waals surface area contributed by atoms with Gasteiger partial charge in [-0.15, -0.1) is 5.10 Å². The smallest absolute Gasteiger partial charge is 0.326 e. The molecule has 7 heteroatoms. The van der Waals surface area contributed by atoms with Crippen molar-refractivity contribution in [1.82, 2.24) is 20.1 Å². The summed E-state index contributed by atoms with van der Waals surface area (Å²) in [4.78, 5) is 28.7. The molecule has 2 fully saturated rings. The molecule has 2 N–H and O–H groups in total. The van der Waals surface area contributed by atoms with Crippen molar-refractivity contribution in [3.8, 4) is 0 Å². The molecule has 1 aliphatic heterocycles. The summed E-state index contributed by atoms with van der Waals surface area (Å²) in [5.74, 6) is -0.121.